The summed E-state index contributed by atoms with van der Waals surface area (Å²) in [6.07, 6.45) is 13.4. The molecule has 0 atom stereocenters. The van der Waals surface area contributed by atoms with E-state index < -0.39 is 0 Å². The maximum absolute atomic E-state index is 3.98. The van der Waals surface area contributed by atoms with E-state index in [1.165, 1.54) is 80.9 Å². The Bertz CT molecular complexity index is 436. The van der Waals surface area contributed by atoms with Crippen LogP contribution in [0.15, 0.2) is 43.0 Å². The molecule has 0 heteroatoms. The van der Waals surface area contributed by atoms with E-state index in [1.54, 1.807) is 0 Å². The average Bonchev–Trinajstić information content (AvgIpc) is 2.49. The van der Waals surface area contributed by atoms with E-state index in [0.717, 1.165) is 5.57 Å². The predicted molar refractivity (Wildman–Crippen MR) is 101 cm³/mol. The molecule has 0 spiro atoms. The molecule has 0 unspecified atom stereocenters. The molecule has 0 aromatic heterocycles. The minimum absolute atomic E-state index is 1.15. The van der Waals surface area contributed by atoms with Crippen LogP contribution in [0.25, 0.3) is 5.57 Å². The molecule has 0 amide bonds. The topological polar surface area (TPSA) is 0 Å². The third-order valence-corrected chi connectivity index (χ3v) is 4.27. The number of aryl methyl sites for hydroxylation is 1. The molecule has 122 valence electrons. The van der Waals surface area contributed by atoms with Crippen LogP contribution < -0.4 is 0 Å². The highest BCUT2D eigenvalue weighted by Gasteiger charge is 1.97. The summed E-state index contributed by atoms with van der Waals surface area (Å²) < 4.78 is 0. The Morgan fingerprint density at radius 2 is 1.23 bits per heavy atom. The average molecular weight is 299 g/mol. The van der Waals surface area contributed by atoms with Crippen molar-refractivity contribution in [3.05, 3.63) is 54.1 Å². The maximum atomic E-state index is 3.98. The Balaban J connectivity index is 1.97. The maximum Gasteiger partial charge on any atom is -0.0233 e. The smallest absolute Gasteiger partial charge is 0.0233 e. The van der Waals surface area contributed by atoms with Crippen molar-refractivity contribution in [2.75, 3.05) is 0 Å². The van der Waals surface area contributed by atoms with Gasteiger partial charge in [-0.25, -0.2) is 0 Å². The molecule has 22 heavy (non-hydrogen) atoms. The SMILES string of the molecule is C=C(C)CCCCCCCCCCc1ccc(C(=C)C)cc1. The van der Waals surface area contributed by atoms with Gasteiger partial charge in [0.05, 0.1) is 0 Å². The third kappa shape index (κ3) is 8.87. The minimum atomic E-state index is 1.15. The summed E-state index contributed by atoms with van der Waals surface area (Å²) in [4.78, 5) is 0. The number of rotatable bonds is 12. The highest BCUT2D eigenvalue weighted by Crippen LogP contribution is 2.15. The second-order valence-corrected chi connectivity index (χ2v) is 6.76. The highest BCUT2D eigenvalue weighted by atomic mass is 14.0. The summed E-state index contributed by atoms with van der Waals surface area (Å²) in [7, 11) is 0. The summed E-state index contributed by atoms with van der Waals surface area (Å²) in [5.74, 6) is 0. The van der Waals surface area contributed by atoms with Crippen molar-refractivity contribution < 1.29 is 0 Å². The first-order valence-electron chi connectivity index (χ1n) is 8.99. The van der Waals surface area contributed by atoms with Crippen molar-refractivity contribution >= 4 is 5.57 Å². The summed E-state index contributed by atoms with van der Waals surface area (Å²) in [5.41, 5.74) is 5.20. The van der Waals surface area contributed by atoms with Crippen LogP contribution in [0.3, 0.4) is 0 Å². The van der Waals surface area contributed by atoms with Gasteiger partial charge >= 0.3 is 0 Å². The van der Waals surface area contributed by atoms with Crippen molar-refractivity contribution in [3.63, 3.8) is 0 Å². The lowest BCUT2D eigenvalue weighted by Gasteiger charge is -2.05. The number of hydrogen-bond acceptors (Lipinski definition) is 0. The Morgan fingerprint density at radius 1 is 0.727 bits per heavy atom. The summed E-state index contributed by atoms with van der Waals surface area (Å²) >= 11 is 0. The van der Waals surface area contributed by atoms with E-state index in [9.17, 15) is 0 Å². The zero-order valence-electron chi connectivity index (χ0n) is 14.8. The molecular formula is C22H34. The molecule has 0 aliphatic carbocycles. The molecular weight excluding hydrogens is 264 g/mol. The van der Waals surface area contributed by atoms with Crippen LogP contribution in [0.2, 0.25) is 0 Å². The van der Waals surface area contributed by atoms with Gasteiger partial charge in [-0.2, -0.15) is 0 Å². The fraction of sp³-hybridized carbons (Fsp3) is 0.545. The van der Waals surface area contributed by atoms with Gasteiger partial charge in [0.1, 0.15) is 0 Å². The Labute approximate surface area is 138 Å². The van der Waals surface area contributed by atoms with Crippen LogP contribution in [-0.2, 0) is 6.42 Å². The van der Waals surface area contributed by atoms with E-state index >= 15 is 0 Å². The highest BCUT2D eigenvalue weighted by molar-refractivity contribution is 5.61. The Morgan fingerprint density at radius 3 is 1.73 bits per heavy atom. The Hall–Kier alpha value is -1.30. The molecule has 0 saturated carbocycles. The normalized spacial score (nSPS) is 10.6. The monoisotopic (exact) mass is 298 g/mol. The van der Waals surface area contributed by atoms with Crippen molar-refractivity contribution in [1.29, 1.82) is 0 Å². The molecule has 0 aliphatic heterocycles. The van der Waals surface area contributed by atoms with E-state index in [1.807, 2.05) is 0 Å². The molecule has 0 saturated heterocycles. The van der Waals surface area contributed by atoms with Crippen LogP contribution in [0.4, 0.5) is 0 Å². The third-order valence-electron chi connectivity index (χ3n) is 4.27. The van der Waals surface area contributed by atoms with Gasteiger partial charge in [0, 0.05) is 0 Å². The summed E-state index contributed by atoms with van der Waals surface area (Å²) in [6, 6.07) is 8.91. The van der Waals surface area contributed by atoms with Crippen LogP contribution in [0, 0.1) is 0 Å². The van der Waals surface area contributed by atoms with Crippen molar-refractivity contribution in [2.45, 2.75) is 78.1 Å². The van der Waals surface area contributed by atoms with Gasteiger partial charge in [0.25, 0.3) is 0 Å². The molecule has 0 aliphatic rings. The number of benzene rings is 1. The molecule has 0 fully saturated rings. The summed E-state index contributed by atoms with van der Waals surface area (Å²) in [5, 5.41) is 0. The van der Waals surface area contributed by atoms with Crippen LogP contribution in [0.1, 0.15) is 82.8 Å². The zero-order chi connectivity index (χ0) is 16.2. The van der Waals surface area contributed by atoms with Gasteiger partial charge in [-0.3, -0.25) is 0 Å². The first-order valence-corrected chi connectivity index (χ1v) is 8.99. The van der Waals surface area contributed by atoms with E-state index in [4.69, 9.17) is 0 Å². The lowest BCUT2D eigenvalue weighted by Crippen LogP contribution is -1.87. The van der Waals surface area contributed by atoms with E-state index in [2.05, 4.69) is 51.3 Å². The molecule has 1 rings (SSSR count). The molecule has 0 radical (unpaired) electrons. The Kier molecular flexibility index (Phi) is 9.62. The molecule has 0 N–H and O–H groups in total. The fourth-order valence-corrected chi connectivity index (χ4v) is 2.77. The second-order valence-electron chi connectivity index (χ2n) is 6.76. The lowest BCUT2D eigenvalue weighted by atomic mass is 10.0. The largest absolute Gasteiger partial charge is 0.100 e. The number of hydrogen-bond donors (Lipinski definition) is 0. The van der Waals surface area contributed by atoms with Gasteiger partial charge in [0.15, 0.2) is 0 Å². The van der Waals surface area contributed by atoms with Crippen LogP contribution in [0.5, 0.6) is 0 Å². The van der Waals surface area contributed by atoms with Gasteiger partial charge in [-0.15, -0.1) is 6.58 Å². The quantitative estimate of drug-likeness (QED) is 0.279. The molecule has 0 bridgehead atoms. The van der Waals surface area contributed by atoms with Gasteiger partial charge in [-0.1, -0.05) is 80.5 Å². The first-order chi connectivity index (χ1) is 10.6. The predicted octanol–water partition coefficient (Wildman–Crippen LogP) is 7.35. The van der Waals surface area contributed by atoms with E-state index in [-0.39, 0.29) is 0 Å². The van der Waals surface area contributed by atoms with Gasteiger partial charge in [-0.05, 0) is 50.7 Å². The number of unbranched alkanes of at least 4 members (excludes halogenated alkanes) is 7. The minimum Gasteiger partial charge on any atom is -0.100 e. The summed E-state index contributed by atoms with van der Waals surface area (Å²) in [6.45, 7) is 12.1. The molecule has 1 aromatic rings. The van der Waals surface area contributed by atoms with Crippen LogP contribution in [-0.4, -0.2) is 0 Å². The lowest BCUT2D eigenvalue weighted by molar-refractivity contribution is 0.567. The fourth-order valence-electron chi connectivity index (χ4n) is 2.77. The first kappa shape index (κ1) is 18.7. The standard InChI is InChI=1S/C22H34/c1-19(2)13-11-9-7-5-6-8-10-12-14-21-15-17-22(18-16-21)20(3)4/h15-18H,1,3,5-14H2,2,4H3. The van der Waals surface area contributed by atoms with Crippen molar-refractivity contribution in [1.82, 2.24) is 0 Å². The van der Waals surface area contributed by atoms with Gasteiger partial charge < -0.3 is 0 Å². The van der Waals surface area contributed by atoms with Crippen molar-refractivity contribution in [2.24, 2.45) is 0 Å². The zero-order valence-corrected chi connectivity index (χ0v) is 14.8. The second kappa shape index (κ2) is 11.3. The van der Waals surface area contributed by atoms with Gasteiger partial charge in [0.2, 0.25) is 0 Å². The molecule has 1 aromatic carbocycles. The molecule has 0 nitrogen and oxygen atoms in total. The van der Waals surface area contributed by atoms with E-state index in [0.29, 0.717) is 0 Å². The van der Waals surface area contributed by atoms with Crippen LogP contribution >= 0.6 is 0 Å². The molecule has 0 heterocycles. The number of allylic oxidation sites excluding steroid dienone is 2. The van der Waals surface area contributed by atoms with Crippen molar-refractivity contribution in [3.8, 4) is 0 Å².